The molecule has 0 radical (unpaired) electrons. The summed E-state index contributed by atoms with van der Waals surface area (Å²) in [5.41, 5.74) is 3.57. The lowest BCUT2D eigenvalue weighted by atomic mass is 10.2. The molecule has 1 aromatic carbocycles. The van der Waals surface area contributed by atoms with E-state index >= 15 is 0 Å². The molecule has 0 saturated heterocycles. The van der Waals surface area contributed by atoms with Crippen LogP contribution in [0.15, 0.2) is 47.2 Å². The Morgan fingerprint density at radius 3 is 2.41 bits per heavy atom. The number of halogens is 1. The van der Waals surface area contributed by atoms with Gasteiger partial charge in [-0.2, -0.15) is 0 Å². The molecule has 2 rings (SSSR count). The fourth-order valence-electron chi connectivity index (χ4n) is 1.79. The molecule has 88 valence electrons. The van der Waals surface area contributed by atoms with Crippen molar-refractivity contribution in [2.45, 2.75) is 13.8 Å². The average molecular weight is 291 g/mol. The van der Waals surface area contributed by atoms with E-state index in [2.05, 4.69) is 70.0 Å². The Morgan fingerprint density at radius 2 is 1.82 bits per heavy atom. The number of hydrogen-bond donors (Lipinski definition) is 0. The molecule has 2 aromatic rings. The Morgan fingerprint density at radius 1 is 1.12 bits per heavy atom. The number of anilines is 2. The van der Waals surface area contributed by atoms with E-state index in [0.29, 0.717) is 0 Å². The summed E-state index contributed by atoms with van der Waals surface area (Å²) >= 11 is 3.45. The summed E-state index contributed by atoms with van der Waals surface area (Å²) in [5, 5.41) is 0. The van der Waals surface area contributed by atoms with Crippen LogP contribution in [0.1, 0.15) is 12.5 Å². The van der Waals surface area contributed by atoms with Gasteiger partial charge in [0.05, 0.1) is 11.9 Å². The first kappa shape index (κ1) is 12.1. The van der Waals surface area contributed by atoms with E-state index in [1.54, 1.807) is 6.20 Å². The van der Waals surface area contributed by atoms with Crippen molar-refractivity contribution in [3.63, 3.8) is 0 Å². The second kappa shape index (κ2) is 5.32. The second-order valence-electron chi connectivity index (χ2n) is 3.94. The van der Waals surface area contributed by atoms with Gasteiger partial charge in [0.2, 0.25) is 0 Å². The van der Waals surface area contributed by atoms with E-state index in [0.717, 1.165) is 16.7 Å². The van der Waals surface area contributed by atoms with Crippen molar-refractivity contribution >= 4 is 27.3 Å². The molecule has 0 aliphatic rings. The lowest BCUT2D eigenvalue weighted by Crippen LogP contribution is -2.16. The number of rotatable bonds is 3. The van der Waals surface area contributed by atoms with Crippen LogP contribution in [0.3, 0.4) is 0 Å². The van der Waals surface area contributed by atoms with Gasteiger partial charge in [-0.1, -0.05) is 17.7 Å². The molecule has 0 saturated carbocycles. The van der Waals surface area contributed by atoms with E-state index in [1.165, 1.54) is 11.3 Å². The Hall–Kier alpha value is -1.35. The highest BCUT2D eigenvalue weighted by atomic mass is 79.9. The quantitative estimate of drug-likeness (QED) is 0.837. The van der Waals surface area contributed by atoms with E-state index in [-0.39, 0.29) is 0 Å². The molecule has 2 nitrogen and oxygen atoms in total. The van der Waals surface area contributed by atoms with Crippen LogP contribution in [0, 0.1) is 6.92 Å². The number of nitrogens with zero attached hydrogens (tertiary/aromatic N) is 2. The molecule has 0 atom stereocenters. The highest BCUT2D eigenvalue weighted by Gasteiger charge is 2.07. The summed E-state index contributed by atoms with van der Waals surface area (Å²) in [6.45, 7) is 5.16. The third kappa shape index (κ3) is 2.86. The minimum absolute atomic E-state index is 0.918. The number of aryl methyl sites for hydroxylation is 1. The topological polar surface area (TPSA) is 16.1 Å². The zero-order valence-electron chi connectivity index (χ0n) is 10.0. The molecule has 0 N–H and O–H groups in total. The molecule has 0 amide bonds. The first-order valence-electron chi connectivity index (χ1n) is 5.65. The van der Waals surface area contributed by atoms with Gasteiger partial charge in [-0.3, -0.25) is 4.98 Å². The van der Waals surface area contributed by atoms with Crippen molar-refractivity contribution in [3.8, 4) is 0 Å². The molecule has 0 bridgehead atoms. The minimum atomic E-state index is 0.918. The molecule has 17 heavy (non-hydrogen) atoms. The molecule has 3 heteroatoms. The normalized spacial score (nSPS) is 10.3. The summed E-state index contributed by atoms with van der Waals surface area (Å²) in [4.78, 5) is 6.44. The van der Waals surface area contributed by atoms with Crippen molar-refractivity contribution in [3.05, 3.63) is 52.8 Å². The maximum atomic E-state index is 4.21. The van der Waals surface area contributed by atoms with E-state index in [9.17, 15) is 0 Å². The average Bonchev–Trinajstić information content (AvgIpc) is 2.33. The highest BCUT2D eigenvalue weighted by Crippen LogP contribution is 2.26. The largest absolute Gasteiger partial charge is 0.340 e. The number of benzene rings is 1. The van der Waals surface area contributed by atoms with E-state index < -0.39 is 0 Å². The molecule has 1 heterocycles. The van der Waals surface area contributed by atoms with Gasteiger partial charge in [-0.15, -0.1) is 0 Å². The van der Waals surface area contributed by atoms with Crippen LogP contribution in [0.2, 0.25) is 0 Å². The van der Waals surface area contributed by atoms with Crippen LogP contribution in [0.4, 0.5) is 11.4 Å². The number of hydrogen-bond acceptors (Lipinski definition) is 2. The Bertz CT molecular complexity index is 494. The van der Waals surface area contributed by atoms with Crippen molar-refractivity contribution in [1.29, 1.82) is 0 Å². The van der Waals surface area contributed by atoms with E-state index in [4.69, 9.17) is 0 Å². The summed E-state index contributed by atoms with van der Waals surface area (Å²) < 4.78 is 1.00. The fourth-order valence-corrected chi connectivity index (χ4v) is 2.14. The number of pyridine rings is 1. The van der Waals surface area contributed by atoms with Crippen molar-refractivity contribution in [2.75, 3.05) is 11.4 Å². The van der Waals surface area contributed by atoms with Gasteiger partial charge in [0, 0.05) is 22.9 Å². The smallest absolute Gasteiger partial charge is 0.0608 e. The van der Waals surface area contributed by atoms with Crippen molar-refractivity contribution in [2.24, 2.45) is 0 Å². The highest BCUT2D eigenvalue weighted by molar-refractivity contribution is 9.10. The first-order chi connectivity index (χ1) is 8.20. The Balaban J connectivity index is 2.36. The van der Waals surface area contributed by atoms with Gasteiger partial charge in [0.1, 0.15) is 0 Å². The molecular formula is C14H15BrN2. The van der Waals surface area contributed by atoms with Crippen molar-refractivity contribution in [1.82, 2.24) is 4.98 Å². The molecule has 0 aliphatic heterocycles. The van der Waals surface area contributed by atoms with E-state index in [1.807, 2.05) is 6.20 Å². The Labute approximate surface area is 110 Å². The minimum Gasteiger partial charge on any atom is -0.340 e. The molecule has 0 aliphatic carbocycles. The molecular weight excluding hydrogens is 276 g/mol. The SMILES string of the molecule is CCN(c1ccc(C)cc1)c1cncc(Br)c1. The first-order valence-corrected chi connectivity index (χ1v) is 6.44. The third-order valence-corrected chi connectivity index (χ3v) is 3.10. The summed E-state index contributed by atoms with van der Waals surface area (Å²) in [5.74, 6) is 0. The summed E-state index contributed by atoms with van der Waals surface area (Å²) in [7, 11) is 0. The van der Waals surface area contributed by atoms with Crippen LogP contribution in [-0.4, -0.2) is 11.5 Å². The van der Waals surface area contributed by atoms with Gasteiger partial charge >= 0.3 is 0 Å². The lowest BCUT2D eigenvalue weighted by Gasteiger charge is -2.23. The van der Waals surface area contributed by atoms with Gasteiger partial charge in [0.25, 0.3) is 0 Å². The maximum absolute atomic E-state index is 4.21. The fraction of sp³-hybridized carbons (Fsp3) is 0.214. The maximum Gasteiger partial charge on any atom is 0.0608 e. The van der Waals surface area contributed by atoms with Crippen LogP contribution < -0.4 is 4.90 Å². The van der Waals surface area contributed by atoms with Crippen LogP contribution >= 0.6 is 15.9 Å². The summed E-state index contributed by atoms with van der Waals surface area (Å²) in [6.07, 6.45) is 3.68. The molecule has 0 spiro atoms. The van der Waals surface area contributed by atoms with Gasteiger partial charge in [-0.25, -0.2) is 0 Å². The Kier molecular flexibility index (Phi) is 3.79. The van der Waals surface area contributed by atoms with Crippen molar-refractivity contribution < 1.29 is 0 Å². The van der Waals surface area contributed by atoms with Crippen LogP contribution in [0.5, 0.6) is 0 Å². The standard InChI is InChI=1S/C14H15BrN2/c1-3-17(13-6-4-11(2)5-7-13)14-8-12(15)9-16-10-14/h4-10H,3H2,1-2H3. The molecule has 0 unspecified atom stereocenters. The predicted molar refractivity (Wildman–Crippen MR) is 75.8 cm³/mol. The lowest BCUT2D eigenvalue weighted by molar-refractivity contribution is 1.01. The molecule has 0 fully saturated rings. The second-order valence-corrected chi connectivity index (χ2v) is 4.86. The third-order valence-electron chi connectivity index (χ3n) is 2.66. The van der Waals surface area contributed by atoms with Gasteiger partial charge in [0.15, 0.2) is 0 Å². The monoisotopic (exact) mass is 290 g/mol. The predicted octanol–water partition coefficient (Wildman–Crippen LogP) is 4.31. The van der Waals surface area contributed by atoms with Crippen LogP contribution in [-0.2, 0) is 0 Å². The van der Waals surface area contributed by atoms with Gasteiger partial charge < -0.3 is 4.90 Å². The molecule has 1 aromatic heterocycles. The number of aromatic nitrogens is 1. The summed E-state index contributed by atoms with van der Waals surface area (Å²) in [6, 6.07) is 10.6. The zero-order valence-corrected chi connectivity index (χ0v) is 11.6. The van der Waals surface area contributed by atoms with Gasteiger partial charge in [-0.05, 0) is 48.0 Å². The zero-order chi connectivity index (χ0) is 12.3. The van der Waals surface area contributed by atoms with Crippen LogP contribution in [0.25, 0.3) is 0 Å².